The Hall–Kier alpha value is -1.80. The van der Waals surface area contributed by atoms with Crippen molar-refractivity contribution < 1.29 is 0 Å². The van der Waals surface area contributed by atoms with E-state index in [2.05, 4.69) is 67.7 Å². The van der Waals surface area contributed by atoms with Gasteiger partial charge in [0.2, 0.25) is 0 Å². The largest absolute Gasteiger partial charge is 0.383 e. The van der Waals surface area contributed by atoms with Gasteiger partial charge in [-0.2, -0.15) is 0 Å². The van der Waals surface area contributed by atoms with Crippen LogP contribution in [-0.2, 0) is 0 Å². The van der Waals surface area contributed by atoms with E-state index in [-0.39, 0.29) is 5.54 Å². The first-order valence-electron chi connectivity index (χ1n) is 7.29. The van der Waals surface area contributed by atoms with Crippen molar-refractivity contribution in [3.8, 4) is 11.1 Å². The molecule has 1 unspecified atom stereocenters. The molecule has 0 heterocycles. The Labute approximate surface area is 122 Å². The Balaban J connectivity index is 1.99. The summed E-state index contributed by atoms with van der Waals surface area (Å²) in [5.41, 5.74) is 9.69. The molecule has 0 aliphatic carbocycles. The van der Waals surface area contributed by atoms with E-state index >= 15 is 0 Å². The number of benzene rings is 2. The zero-order valence-corrected chi connectivity index (χ0v) is 12.4. The molecule has 0 aliphatic rings. The van der Waals surface area contributed by atoms with Gasteiger partial charge in [-0.05, 0) is 36.6 Å². The van der Waals surface area contributed by atoms with Gasteiger partial charge in [-0.15, -0.1) is 0 Å². The third-order valence-corrected chi connectivity index (χ3v) is 3.51. The van der Waals surface area contributed by atoms with Crippen molar-refractivity contribution in [1.82, 2.24) is 0 Å². The molecule has 3 N–H and O–H groups in total. The van der Waals surface area contributed by atoms with Gasteiger partial charge in [-0.25, -0.2) is 0 Å². The molecule has 2 aromatic rings. The van der Waals surface area contributed by atoms with Crippen LogP contribution in [0.2, 0.25) is 0 Å². The quantitative estimate of drug-likeness (QED) is 0.820. The number of anilines is 1. The summed E-state index contributed by atoms with van der Waals surface area (Å²) in [6.07, 6.45) is 2.14. The zero-order chi connectivity index (χ0) is 14.4. The van der Waals surface area contributed by atoms with Crippen LogP contribution in [0.5, 0.6) is 0 Å². The van der Waals surface area contributed by atoms with Crippen molar-refractivity contribution in [2.24, 2.45) is 5.73 Å². The van der Waals surface area contributed by atoms with Crippen molar-refractivity contribution in [3.63, 3.8) is 0 Å². The Bertz CT molecular complexity index is 515. The molecule has 0 aliphatic heterocycles. The Morgan fingerprint density at radius 1 is 0.950 bits per heavy atom. The maximum atomic E-state index is 6.23. The normalized spacial score (nSPS) is 13.8. The summed E-state index contributed by atoms with van der Waals surface area (Å²) in [4.78, 5) is 0. The summed E-state index contributed by atoms with van der Waals surface area (Å²) in [6, 6.07) is 18.9. The standard InChI is InChI=1S/C18H24N2/c1-3-13-18(2,19)14-20-17-11-9-16(10-12-17)15-7-5-4-6-8-15/h4-12,20H,3,13-14,19H2,1-2H3. The molecule has 0 fully saturated rings. The van der Waals surface area contributed by atoms with Crippen molar-refractivity contribution in [3.05, 3.63) is 54.6 Å². The summed E-state index contributed by atoms with van der Waals surface area (Å²) in [5.74, 6) is 0. The Morgan fingerprint density at radius 2 is 1.55 bits per heavy atom. The van der Waals surface area contributed by atoms with E-state index in [1.54, 1.807) is 0 Å². The minimum Gasteiger partial charge on any atom is -0.383 e. The lowest BCUT2D eigenvalue weighted by molar-refractivity contribution is 0.450. The van der Waals surface area contributed by atoms with Gasteiger partial charge in [0.1, 0.15) is 0 Å². The van der Waals surface area contributed by atoms with Crippen LogP contribution >= 0.6 is 0 Å². The predicted molar refractivity (Wildman–Crippen MR) is 87.9 cm³/mol. The first-order chi connectivity index (χ1) is 9.61. The van der Waals surface area contributed by atoms with E-state index in [4.69, 9.17) is 5.73 Å². The third kappa shape index (κ3) is 4.10. The van der Waals surface area contributed by atoms with Gasteiger partial charge in [0.15, 0.2) is 0 Å². The molecule has 2 rings (SSSR count). The second-order valence-corrected chi connectivity index (χ2v) is 5.70. The first kappa shape index (κ1) is 14.6. The van der Waals surface area contributed by atoms with E-state index in [0.717, 1.165) is 25.1 Å². The van der Waals surface area contributed by atoms with Gasteiger partial charge in [0.05, 0.1) is 0 Å². The highest BCUT2D eigenvalue weighted by Gasteiger charge is 2.16. The van der Waals surface area contributed by atoms with Crippen LogP contribution in [0.4, 0.5) is 5.69 Å². The molecular formula is C18H24N2. The molecule has 1 atom stereocenters. The van der Waals surface area contributed by atoms with E-state index in [1.165, 1.54) is 11.1 Å². The maximum Gasteiger partial charge on any atom is 0.0341 e. The summed E-state index contributed by atoms with van der Waals surface area (Å²) >= 11 is 0. The van der Waals surface area contributed by atoms with Gasteiger partial charge >= 0.3 is 0 Å². The lowest BCUT2D eigenvalue weighted by Crippen LogP contribution is -2.42. The van der Waals surface area contributed by atoms with Crippen molar-refractivity contribution >= 4 is 5.69 Å². The van der Waals surface area contributed by atoms with Gasteiger partial charge < -0.3 is 11.1 Å². The molecule has 0 radical (unpaired) electrons. The fourth-order valence-electron chi connectivity index (χ4n) is 2.37. The third-order valence-electron chi connectivity index (χ3n) is 3.51. The molecule has 0 spiro atoms. The van der Waals surface area contributed by atoms with E-state index in [0.29, 0.717) is 0 Å². The molecule has 0 bridgehead atoms. The van der Waals surface area contributed by atoms with Crippen LogP contribution < -0.4 is 11.1 Å². The number of nitrogens with two attached hydrogens (primary N) is 1. The summed E-state index contributed by atoms with van der Waals surface area (Å²) in [7, 11) is 0. The van der Waals surface area contributed by atoms with E-state index in [1.807, 2.05) is 6.07 Å². The smallest absolute Gasteiger partial charge is 0.0341 e. The molecule has 2 nitrogen and oxygen atoms in total. The van der Waals surface area contributed by atoms with Crippen LogP contribution in [0, 0.1) is 0 Å². The van der Waals surface area contributed by atoms with Crippen molar-refractivity contribution in [1.29, 1.82) is 0 Å². The highest BCUT2D eigenvalue weighted by molar-refractivity contribution is 5.65. The minimum absolute atomic E-state index is 0.146. The first-order valence-corrected chi connectivity index (χ1v) is 7.29. The Kier molecular flexibility index (Phi) is 4.80. The van der Waals surface area contributed by atoms with Gasteiger partial charge in [0.25, 0.3) is 0 Å². The van der Waals surface area contributed by atoms with Crippen LogP contribution in [-0.4, -0.2) is 12.1 Å². The Morgan fingerprint density at radius 3 is 2.15 bits per heavy atom. The van der Waals surface area contributed by atoms with Crippen LogP contribution in [0.1, 0.15) is 26.7 Å². The number of hydrogen-bond acceptors (Lipinski definition) is 2. The van der Waals surface area contributed by atoms with Gasteiger partial charge in [-0.1, -0.05) is 55.8 Å². The minimum atomic E-state index is -0.146. The molecule has 0 amide bonds. The molecule has 0 saturated heterocycles. The van der Waals surface area contributed by atoms with Crippen LogP contribution in [0.25, 0.3) is 11.1 Å². The van der Waals surface area contributed by atoms with Crippen molar-refractivity contribution in [2.75, 3.05) is 11.9 Å². The molecule has 2 heteroatoms. The second kappa shape index (κ2) is 6.58. The maximum absolute atomic E-state index is 6.23. The number of rotatable bonds is 6. The van der Waals surface area contributed by atoms with E-state index in [9.17, 15) is 0 Å². The highest BCUT2D eigenvalue weighted by atomic mass is 14.9. The number of nitrogens with one attached hydrogen (secondary N) is 1. The average molecular weight is 268 g/mol. The molecule has 0 saturated carbocycles. The fraction of sp³-hybridized carbons (Fsp3) is 0.333. The monoisotopic (exact) mass is 268 g/mol. The molecule has 0 aromatic heterocycles. The van der Waals surface area contributed by atoms with Crippen LogP contribution in [0.3, 0.4) is 0 Å². The number of hydrogen-bond donors (Lipinski definition) is 2. The SMILES string of the molecule is CCCC(C)(N)CNc1ccc(-c2ccccc2)cc1. The lowest BCUT2D eigenvalue weighted by Gasteiger charge is -2.25. The van der Waals surface area contributed by atoms with Crippen LogP contribution in [0.15, 0.2) is 54.6 Å². The average Bonchev–Trinajstić information content (AvgIpc) is 2.47. The fourth-order valence-corrected chi connectivity index (χ4v) is 2.37. The second-order valence-electron chi connectivity index (χ2n) is 5.70. The summed E-state index contributed by atoms with van der Waals surface area (Å²) in [5, 5.41) is 3.42. The van der Waals surface area contributed by atoms with Crippen molar-refractivity contribution in [2.45, 2.75) is 32.2 Å². The van der Waals surface area contributed by atoms with Gasteiger partial charge in [0, 0.05) is 17.8 Å². The van der Waals surface area contributed by atoms with Gasteiger partial charge in [-0.3, -0.25) is 0 Å². The lowest BCUT2D eigenvalue weighted by atomic mass is 9.97. The highest BCUT2D eigenvalue weighted by Crippen LogP contribution is 2.21. The molecule has 2 aromatic carbocycles. The topological polar surface area (TPSA) is 38.0 Å². The predicted octanol–water partition coefficient (Wildman–Crippen LogP) is 4.28. The zero-order valence-electron chi connectivity index (χ0n) is 12.4. The molecule has 20 heavy (non-hydrogen) atoms. The summed E-state index contributed by atoms with van der Waals surface area (Å²) in [6.45, 7) is 5.06. The summed E-state index contributed by atoms with van der Waals surface area (Å²) < 4.78 is 0. The molecular weight excluding hydrogens is 244 g/mol. The van der Waals surface area contributed by atoms with E-state index < -0.39 is 0 Å². The molecule has 106 valence electrons.